The summed E-state index contributed by atoms with van der Waals surface area (Å²) in [4.78, 5) is 14.7. The minimum atomic E-state index is -0.179. The Morgan fingerprint density at radius 1 is 1.04 bits per heavy atom. The van der Waals surface area contributed by atoms with E-state index < -0.39 is 0 Å². The molecule has 2 aromatic rings. The van der Waals surface area contributed by atoms with Crippen molar-refractivity contribution in [1.29, 1.82) is 0 Å². The van der Waals surface area contributed by atoms with Gasteiger partial charge in [0.2, 0.25) is 5.91 Å². The van der Waals surface area contributed by atoms with Gasteiger partial charge in [0, 0.05) is 12.1 Å². The number of ether oxygens (including phenoxy) is 2. The van der Waals surface area contributed by atoms with Gasteiger partial charge in [-0.2, -0.15) is 0 Å². The summed E-state index contributed by atoms with van der Waals surface area (Å²) in [6, 6.07) is 13.7. The van der Waals surface area contributed by atoms with Gasteiger partial charge in [-0.05, 0) is 36.2 Å². The zero-order valence-electron chi connectivity index (χ0n) is 13.7. The van der Waals surface area contributed by atoms with E-state index in [0.717, 1.165) is 22.6 Å². The summed E-state index contributed by atoms with van der Waals surface area (Å²) in [7, 11) is 3.30. The van der Waals surface area contributed by atoms with E-state index in [-0.39, 0.29) is 11.8 Å². The fraction of sp³-hybridized carbons (Fsp3) is 0.316. The van der Waals surface area contributed by atoms with Crippen molar-refractivity contribution in [3.8, 4) is 11.5 Å². The number of nitrogens with zero attached hydrogens (tertiary/aromatic N) is 1. The van der Waals surface area contributed by atoms with Crippen LogP contribution in [-0.4, -0.2) is 25.0 Å². The van der Waals surface area contributed by atoms with Crippen LogP contribution >= 0.6 is 0 Å². The van der Waals surface area contributed by atoms with E-state index in [1.807, 2.05) is 48.2 Å². The second kappa shape index (κ2) is 6.32. The van der Waals surface area contributed by atoms with E-state index in [1.165, 1.54) is 5.56 Å². The fourth-order valence-corrected chi connectivity index (χ4v) is 3.05. The summed E-state index contributed by atoms with van der Waals surface area (Å²) in [5.41, 5.74) is 3.28. The summed E-state index contributed by atoms with van der Waals surface area (Å²) in [5.74, 6) is 1.61. The second-order valence-corrected chi connectivity index (χ2v) is 5.79. The minimum absolute atomic E-state index is 0.133. The maximum atomic E-state index is 12.8. The van der Waals surface area contributed by atoms with Gasteiger partial charge in [0.15, 0.2) is 0 Å². The molecule has 0 saturated heterocycles. The molecule has 1 heterocycles. The monoisotopic (exact) mass is 311 g/mol. The van der Waals surface area contributed by atoms with Gasteiger partial charge in [-0.1, -0.05) is 24.3 Å². The average molecular weight is 311 g/mol. The van der Waals surface area contributed by atoms with Crippen LogP contribution in [0, 0.1) is 0 Å². The first-order chi connectivity index (χ1) is 11.1. The van der Waals surface area contributed by atoms with Gasteiger partial charge in [0.25, 0.3) is 0 Å². The number of amides is 1. The molecule has 1 aliphatic rings. The number of hydrogen-bond acceptors (Lipinski definition) is 3. The summed E-state index contributed by atoms with van der Waals surface area (Å²) in [5, 5.41) is 0. The topological polar surface area (TPSA) is 38.8 Å². The molecule has 120 valence electrons. The van der Waals surface area contributed by atoms with Crippen molar-refractivity contribution in [2.75, 3.05) is 14.2 Å². The third-order valence-electron chi connectivity index (χ3n) is 4.46. The molecule has 0 radical (unpaired) electrons. The summed E-state index contributed by atoms with van der Waals surface area (Å²) in [6.45, 7) is 3.20. The van der Waals surface area contributed by atoms with Crippen LogP contribution in [0.2, 0.25) is 0 Å². The molecule has 0 bridgehead atoms. The van der Waals surface area contributed by atoms with E-state index in [4.69, 9.17) is 9.47 Å². The molecule has 23 heavy (non-hydrogen) atoms. The van der Waals surface area contributed by atoms with Crippen LogP contribution in [0.25, 0.3) is 0 Å². The van der Waals surface area contributed by atoms with Gasteiger partial charge in [-0.15, -0.1) is 0 Å². The Morgan fingerprint density at radius 3 is 2.43 bits per heavy atom. The van der Waals surface area contributed by atoms with Crippen molar-refractivity contribution >= 4 is 5.91 Å². The molecule has 0 saturated carbocycles. The van der Waals surface area contributed by atoms with Crippen molar-refractivity contribution in [3.05, 3.63) is 59.2 Å². The highest BCUT2D eigenvalue weighted by molar-refractivity contribution is 5.84. The summed E-state index contributed by atoms with van der Waals surface area (Å²) in [6.07, 6.45) is 0. The van der Waals surface area contributed by atoms with Crippen molar-refractivity contribution in [1.82, 2.24) is 4.90 Å². The lowest BCUT2D eigenvalue weighted by Gasteiger charge is -2.21. The number of hydrogen-bond donors (Lipinski definition) is 0. The van der Waals surface area contributed by atoms with Crippen molar-refractivity contribution in [2.45, 2.75) is 25.9 Å². The Morgan fingerprint density at radius 2 is 1.78 bits per heavy atom. The molecule has 1 unspecified atom stereocenters. The molecule has 0 aliphatic carbocycles. The minimum Gasteiger partial charge on any atom is -0.497 e. The van der Waals surface area contributed by atoms with Gasteiger partial charge < -0.3 is 14.4 Å². The Balaban J connectivity index is 1.76. The third-order valence-corrected chi connectivity index (χ3v) is 4.46. The highest BCUT2D eigenvalue weighted by atomic mass is 16.5. The van der Waals surface area contributed by atoms with Crippen LogP contribution < -0.4 is 9.47 Å². The van der Waals surface area contributed by atoms with Crippen LogP contribution in [-0.2, 0) is 17.9 Å². The summed E-state index contributed by atoms with van der Waals surface area (Å²) >= 11 is 0. The van der Waals surface area contributed by atoms with E-state index in [0.29, 0.717) is 13.1 Å². The van der Waals surface area contributed by atoms with Crippen LogP contribution in [0.3, 0.4) is 0 Å². The SMILES string of the molecule is COc1ccc(C(C)C(=O)N2Cc3cccc(OC)c3C2)cc1. The largest absolute Gasteiger partial charge is 0.497 e. The lowest BCUT2D eigenvalue weighted by molar-refractivity contribution is -0.133. The van der Waals surface area contributed by atoms with Gasteiger partial charge >= 0.3 is 0 Å². The van der Waals surface area contributed by atoms with E-state index in [2.05, 4.69) is 6.07 Å². The highest BCUT2D eigenvalue weighted by Crippen LogP contribution is 2.32. The Kier molecular flexibility index (Phi) is 4.24. The molecule has 2 aromatic carbocycles. The lowest BCUT2D eigenvalue weighted by Crippen LogP contribution is -2.29. The van der Waals surface area contributed by atoms with Crippen LogP contribution in [0.5, 0.6) is 11.5 Å². The van der Waals surface area contributed by atoms with Crippen LogP contribution in [0.1, 0.15) is 29.5 Å². The molecule has 1 amide bonds. The van der Waals surface area contributed by atoms with E-state index in [9.17, 15) is 4.79 Å². The number of methoxy groups -OCH3 is 2. The second-order valence-electron chi connectivity index (χ2n) is 5.79. The smallest absolute Gasteiger partial charge is 0.230 e. The number of carbonyl (C=O) groups excluding carboxylic acids is 1. The number of benzene rings is 2. The zero-order valence-corrected chi connectivity index (χ0v) is 13.7. The van der Waals surface area contributed by atoms with Crippen LogP contribution in [0.15, 0.2) is 42.5 Å². The van der Waals surface area contributed by atoms with Gasteiger partial charge in [-0.25, -0.2) is 0 Å². The normalized spacial score (nSPS) is 14.3. The van der Waals surface area contributed by atoms with Crippen molar-refractivity contribution in [3.63, 3.8) is 0 Å². The molecule has 0 fully saturated rings. The molecule has 3 rings (SSSR count). The predicted molar refractivity (Wildman–Crippen MR) is 88.7 cm³/mol. The molecule has 1 atom stereocenters. The maximum Gasteiger partial charge on any atom is 0.230 e. The Labute approximate surface area is 136 Å². The fourth-order valence-electron chi connectivity index (χ4n) is 3.05. The van der Waals surface area contributed by atoms with Gasteiger partial charge in [-0.3, -0.25) is 4.79 Å². The third kappa shape index (κ3) is 2.89. The Hall–Kier alpha value is -2.49. The first-order valence-corrected chi connectivity index (χ1v) is 7.71. The maximum absolute atomic E-state index is 12.8. The number of rotatable bonds is 4. The Bertz CT molecular complexity index is 709. The summed E-state index contributed by atoms with van der Waals surface area (Å²) < 4.78 is 10.6. The molecule has 0 aromatic heterocycles. The molecule has 0 spiro atoms. The standard InChI is InChI=1S/C19H21NO3/c1-13(14-7-9-16(22-2)10-8-14)19(21)20-11-15-5-4-6-18(23-3)17(15)12-20/h4-10,13H,11-12H2,1-3H3. The van der Waals surface area contributed by atoms with Gasteiger partial charge in [0.1, 0.15) is 11.5 Å². The molecule has 4 heteroatoms. The van der Waals surface area contributed by atoms with Gasteiger partial charge in [0.05, 0.1) is 26.7 Å². The number of fused-ring (bicyclic) bond motifs is 1. The van der Waals surface area contributed by atoms with Crippen LogP contribution in [0.4, 0.5) is 0 Å². The van der Waals surface area contributed by atoms with E-state index >= 15 is 0 Å². The molecular formula is C19H21NO3. The number of carbonyl (C=O) groups is 1. The lowest BCUT2D eigenvalue weighted by atomic mass is 9.99. The zero-order chi connectivity index (χ0) is 16.4. The molecule has 0 N–H and O–H groups in total. The molecule has 4 nitrogen and oxygen atoms in total. The van der Waals surface area contributed by atoms with E-state index in [1.54, 1.807) is 14.2 Å². The van der Waals surface area contributed by atoms with Crippen molar-refractivity contribution in [2.24, 2.45) is 0 Å². The average Bonchev–Trinajstić information content (AvgIpc) is 3.04. The molecular weight excluding hydrogens is 290 g/mol. The highest BCUT2D eigenvalue weighted by Gasteiger charge is 2.29. The molecule has 1 aliphatic heterocycles. The quantitative estimate of drug-likeness (QED) is 0.869. The predicted octanol–water partition coefficient (Wildman–Crippen LogP) is 3.35. The van der Waals surface area contributed by atoms with Crippen molar-refractivity contribution < 1.29 is 14.3 Å². The first kappa shape index (κ1) is 15.4. The first-order valence-electron chi connectivity index (χ1n) is 7.71.